The second-order valence-electron chi connectivity index (χ2n) is 6.75. The second-order valence-corrected chi connectivity index (χ2v) is 6.75. The molecular formula is C20H28N2O3. The van der Waals surface area contributed by atoms with Crippen molar-refractivity contribution in [2.45, 2.75) is 58.5 Å². The van der Waals surface area contributed by atoms with Gasteiger partial charge in [0.2, 0.25) is 0 Å². The molecule has 0 aromatic heterocycles. The molecule has 1 aliphatic carbocycles. The summed E-state index contributed by atoms with van der Waals surface area (Å²) in [5.74, 6) is 0.894. The first-order chi connectivity index (χ1) is 12.0. The Bertz CT molecular complexity index is 634. The average molecular weight is 344 g/mol. The van der Waals surface area contributed by atoms with Crippen LogP contribution in [0.25, 0.3) is 0 Å². The number of anilines is 1. The van der Waals surface area contributed by atoms with Gasteiger partial charge < -0.3 is 14.8 Å². The van der Waals surface area contributed by atoms with Crippen molar-refractivity contribution in [3.63, 3.8) is 0 Å². The first kappa shape index (κ1) is 19.3. The summed E-state index contributed by atoms with van der Waals surface area (Å²) in [6, 6.07) is 7.30. The van der Waals surface area contributed by atoms with Crippen molar-refractivity contribution in [1.82, 2.24) is 0 Å². The number of hydrogen-bond acceptors (Lipinski definition) is 4. The van der Waals surface area contributed by atoms with Crippen LogP contribution in [0.15, 0.2) is 18.2 Å². The first-order valence-corrected chi connectivity index (χ1v) is 9.17. The maximum atomic E-state index is 12.9. The zero-order valence-electron chi connectivity index (χ0n) is 15.4. The van der Waals surface area contributed by atoms with E-state index in [-0.39, 0.29) is 5.91 Å². The quantitative estimate of drug-likeness (QED) is 0.802. The van der Waals surface area contributed by atoms with E-state index in [1.54, 1.807) is 18.2 Å². The lowest BCUT2D eigenvalue weighted by atomic mass is 9.78. The van der Waals surface area contributed by atoms with Gasteiger partial charge in [-0.25, -0.2) is 0 Å². The first-order valence-electron chi connectivity index (χ1n) is 9.17. The smallest absolute Gasteiger partial charge is 0.256 e. The normalized spacial score (nSPS) is 22.9. The molecule has 0 radical (unpaired) electrons. The number of nitrogens with one attached hydrogen (secondary N) is 1. The molecule has 0 unspecified atom stereocenters. The van der Waals surface area contributed by atoms with E-state index < -0.39 is 5.60 Å². The van der Waals surface area contributed by atoms with E-state index in [0.29, 0.717) is 36.1 Å². The van der Waals surface area contributed by atoms with Crippen LogP contribution in [0.1, 0.15) is 58.4 Å². The van der Waals surface area contributed by atoms with Crippen molar-refractivity contribution >= 4 is 11.6 Å². The zero-order valence-corrected chi connectivity index (χ0v) is 15.4. The molecule has 25 heavy (non-hydrogen) atoms. The molecule has 1 saturated carbocycles. The standard InChI is InChI=1S/C20H28N2O3/c1-4-11-24-18-9-8-17(12-16(18)14-21)22-19(23)20(25-5-2)10-6-7-15(3)13-20/h8-9,12,15H,4-7,10-11,13H2,1-3H3,(H,22,23)/t15-,20-/m0/s1. The highest BCUT2D eigenvalue weighted by Crippen LogP contribution is 2.36. The van der Waals surface area contributed by atoms with Crippen molar-refractivity contribution in [2.24, 2.45) is 5.92 Å². The molecule has 2 rings (SSSR count). The molecule has 0 saturated heterocycles. The Balaban J connectivity index is 2.16. The molecule has 0 heterocycles. The van der Waals surface area contributed by atoms with Crippen molar-refractivity contribution in [2.75, 3.05) is 18.5 Å². The third-order valence-electron chi connectivity index (χ3n) is 4.61. The summed E-state index contributed by atoms with van der Waals surface area (Å²) in [6.07, 6.45) is 4.46. The van der Waals surface area contributed by atoms with Crippen molar-refractivity contribution < 1.29 is 14.3 Å². The van der Waals surface area contributed by atoms with Gasteiger partial charge in [-0.1, -0.05) is 20.3 Å². The SMILES string of the molecule is CCCOc1ccc(NC(=O)[C@]2(OCC)CCC[C@H](C)C2)cc1C#N. The molecule has 0 bridgehead atoms. The molecule has 136 valence electrons. The van der Waals surface area contributed by atoms with Gasteiger partial charge in [-0.05, 0) is 56.7 Å². The molecule has 1 amide bonds. The topological polar surface area (TPSA) is 71.3 Å². The Kier molecular flexibility index (Phi) is 6.83. The minimum atomic E-state index is -0.767. The fourth-order valence-electron chi connectivity index (χ4n) is 3.46. The van der Waals surface area contributed by atoms with Crippen LogP contribution in [0.2, 0.25) is 0 Å². The molecule has 5 heteroatoms. The third kappa shape index (κ3) is 4.73. The highest BCUT2D eigenvalue weighted by molar-refractivity contribution is 5.97. The van der Waals surface area contributed by atoms with Gasteiger partial charge in [-0.3, -0.25) is 4.79 Å². The van der Waals surface area contributed by atoms with Gasteiger partial charge in [0.1, 0.15) is 17.4 Å². The fourth-order valence-corrected chi connectivity index (χ4v) is 3.46. The number of rotatable bonds is 7. The zero-order chi connectivity index (χ0) is 18.3. The summed E-state index contributed by atoms with van der Waals surface area (Å²) in [4.78, 5) is 12.9. The molecule has 0 aliphatic heterocycles. The summed E-state index contributed by atoms with van der Waals surface area (Å²) in [5, 5.41) is 12.3. The lowest BCUT2D eigenvalue weighted by molar-refractivity contribution is -0.147. The van der Waals surface area contributed by atoms with E-state index in [4.69, 9.17) is 9.47 Å². The van der Waals surface area contributed by atoms with E-state index in [1.165, 1.54) is 0 Å². The van der Waals surface area contributed by atoms with Gasteiger partial charge >= 0.3 is 0 Å². The summed E-state index contributed by atoms with van der Waals surface area (Å²) in [7, 11) is 0. The van der Waals surface area contributed by atoms with E-state index in [1.807, 2.05) is 13.8 Å². The van der Waals surface area contributed by atoms with Crippen LogP contribution >= 0.6 is 0 Å². The van der Waals surface area contributed by atoms with Gasteiger partial charge in [0.15, 0.2) is 0 Å². The van der Waals surface area contributed by atoms with Crippen LogP contribution in [0.4, 0.5) is 5.69 Å². The highest BCUT2D eigenvalue weighted by Gasteiger charge is 2.42. The lowest BCUT2D eigenvalue weighted by Gasteiger charge is -2.38. The maximum absolute atomic E-state index is 12.9. The van der Waals surface area contributed by atoms with Crippen molar-refractivity contribution in [3.05, 3.63) is 23.8 Å². The molecule has 1 aromatic rings. The van der Waals surface area contributed by atoms with E-state index in [9.17, 15) is 10.1 Å². The van der Waals surface area contributed by atoms with Crippen LogP contribution in [0.3, 0.4) is 0 Å². The number of nitriles is 1. The number of carbonyl (C=O) groups is 1. The third-order valence-corrected chi connectivity index (χ3v) is 4.61. The highest BCUT2D eigenvalue weighted by atomic mass is 16.5. The summed E-state index contributed by atoms with van der Waals surface area (Å²) < 4.78 is 11.5. The van der Waals surface area contributed by atoms with E-state index in [2.05, 4.69) is 18.3 Å². The van der Waals surface area contributed by atoms with Crippen LogP contribution in [0.5, 0.6) is 5.75 Å². The number of ether oxygens (including phenoxy) is 2. The maximum Gasteiger partial charge on any atom is 0.256 e. The fraction of sp³-hybridized carbons (Fsp3) is 0.600. The Labute approximate surface area is 150 Å². The van der Waals surface area contributed by atoms with Crippen LogP contribution in [0, 0.1) is 17.2 Å². The molecule has 5 nitrogen and oxygen atoms in total. The van der Waals surface area contributed by atoms with E-state index >= 15 is 0 Å². The second kappa shape index (κ2) is 8.87. The number of hydrogen-bond donors (Lipinski definition) is 1. The van der Waals surface area contributed by atoms with Crippen molar-refractivity contribution in [3.8, 4) is 11.8 Å². The van der Waals surface area contributed by atoms with Gasteiger partial charge in [0.25, 0.3) is 5.91 Å². The lowest BCUT2D eigenvalue weighted by Crippen LogP contribution is -2.48. The van der Waals surface area contributed by atoms with Gasteiger partial charge in [-0.2, -0.15) is 5.26 Å². The number of amides is 1. The average Bonchev–Trinajstić information content (AvgIpc) is 2.60. The predicted octanol–water partition coefficient (Wildman–Crippen LogP) is 4.27. The largest absolute Gasteiger partial charge is 0.492 e. The Morgan fingerprint density at radius 1 is 1.44 bits per heavy atom. The molecule has 0 spiro atoms. The number of carbonyl (C=O) groups excluding carboxylic acids is 1. The van der Waals surface area contributed by atoms with Crippen LogP contribution in [-0.4, -0.2) is 24.7 Å². The van der Waals surface area contributed by atoms with Crippen molar-refractivity contribution in [1.29, 1.82) is 5.26 Å². The molecule has 1 N–H and O–H groups in total. The predicted molar refractivity (Wildman–Crippen MR) is 97.6 cm³/mol. The van der Waals surface area contributed by atoms with Gasteiger partial charge in [0, 0.05) is 12.3 Å². The van der Waals surface area contributed by atoms with Gasteiger partial charge in [0.05, 0.1) is 12.2 Å². The molecule has 1 aromatic carbocycles. The molecule has 1 fully saturated rings. The van der Waals surface area contributed by atoms with Crippen LogP contribution in [-0.2, 0) is 9.53 Å². The Hall–Kier alpha value is -2.06. The van der Waals surface area contributed by atoms with Gasteiger partial charge in [-0.15, -0.1) is 0 Å². The molecule has 1 aliphatic rings. The van der Waals surface area contributed by atoms with Crippen LogP contribution < -0.4 is 10.1 Å². The summed E-state index contributed by atoms with van der Waals surface area (Å²) in [6.45, 7) is 7.16. The Morgan fingerprint density at radius 3 is 2.88 bits per heavy atom. The minimum absolute atomic E-state index is 0.119. The van der Waals surface area contributed by atoms with E-state index in [0.717, 1.165) is 32.1 Å². The number of nitrogens with zero attached hydrogens (tertiary/aromatic N) is 1. The summed E-state index contributed by atoms with van der Waals surface area (Å²) >= 11 is 0. The Morgan fingerprint density at radius 2 is 2.24 bits per heavy atom. The molecule has 2 atom stereocenters. The minimum Gasteiger partial charge on any atom is -0.492 e. The monoisotopic (exact) mass is 344 g/mol. The molecular weight excluding hydrogens is 316 g/mol. The number of benzene rings is 1. The summed E-state index contributed by atoms with van der Waals surface area (Å²) in [5.41, 5.74) is 0.257.